The number of rotatable bonds is 4. The van der Waals surface area contributed by atoms with E-state index in [0.29, 0.717) is 34.4 Å². The van der Waals surface area contributed by atoms with E-state index in [0.717, 1.165) is 18.5 Å². The SMILES string of the molecule is O=C(C[C@@H]1CSc2nc3c(cnn3-c3ccccc3)c(=O)n21)NC1CCCC1. The summed E-state index contributed by atoms with van der Waals surface area (Å²) in [4.78, 5) is 30.3. The first-order chi connectivity index (χ1) is 13.7. The van der Waals surface area contributed by atoms with Crippen LogP contribution in [-0.2, 0) is 4.79 Å². The molecule has 1 amide bonds. The third-order valence-corrected chi connectivity index (χ3v) is 6.61. The summed E-state index contributed by atoms with van der Waals surface area (Å²) in [5.41, 5.74) is 1.31. The van der Waals surface area contributed by atoms with Crippen molar-refractivity contribution in [1.82, 2.24) is 24.6 Å². The van der Waals surface area contributed by atoms with Crippen LogP contribution in [0.1, 0.15) is 38.1 Å². The topological polar surface area (TPSA) is 81.8 Å². The van der Waals surface area contributed by atoms with Gasteiger partial charge in [0, 0.05) is 18.2 Å². The lowest BCUT2D eigenvalue weighted by molar-refractivity contribution is -0.122. The fraction of sp³-hybridized carbons (Fsp3) is 0.400. The van der Waals surface area contributed by atoms with Gasteiger partial charge in [-0.1, -0.05) is 42.8 Å². The number of fused-ring (bicyclic) bond motifs is 2. The average Bonchev–Trinajstić information content (AvgIpc) is 3.43. The second-order valence-electron chi connectivity index (χ2n) is 7.42. The average molecular weight is 395 g/mol. The summed E-state index contributed by atoms with van der Waals surface area (Å²) < 4.78 is 3.37. The van der Waals surface area contributed by atoms with Crippen molar-refractivity contribution in [3.8, 4) is 5.69 Å². The van der Waals surface area contributed by atoms with Gasteiger partial charge in [-0.15, -0.1) is 0 Å². The van der Waals surface area contributed by atoms with E-state index in [4.69, 9.17) is 4.98 Å². The Hall–Kier alpha value is -2.61. The van der Waals surface area contributed by atoms with Gasteiger partial charge in [0.1, 0.15) is 5.39 Å². The van der Waals surface area contributed by atoms with Gasteiger partial charge in [0.25, 0.3) is 5.56 Å². The van der Waals surface area contributed by atoms with Crippen LogP contribution in [0.5, 0.6) is 0 Å². The minimum atomic E-state index is -0.161. The maximum atomic E-state index is 13.1. The Morgan fingerprint density at radius 1 is 1.21 bits per heavy atom. The molecule has 8 heteroatoms. The highest BCUT2D eigenvalue weighted by Crippen LogP contribution is 2.33. The zero-order valence-corrected chi connectivity index (χ0v) is 16.2. The summed E-state index contributed by atoms with van der Waals surface area (Å²) >= 11 is 1.53. The molecule has 2 aliphatic rings. The largest absolute Gasteiger partial charge is 0.353 e. The van der Waals surface area contributed by atoms with Crippen molar-refractivity contribution in [2.24, 2.45) is 0 Å². The molecule has 0 saturated heterocycles. The molecule has 1 aliphatic carbocycles. The van der Waals surface area contributed by atoms with Gasteiger partial charge in [0.15, 0.2) is 10.8 Å². The number of aromatic nitrogens is 4. The molecule has 1 fully saturated rings. The minimum Gasteiger partial charge on any atom is -0.353 e. The van der Waals surface area contributed by atoms with E-state index in [1.165, 1.54) is 24.6 Å². The van der Waals surface area contributed by atoms with Crippen LogP contribution in [0.25, 0.3) is 16.7 Å². The number of nitrogens with one attached hydrogen (secondary N) is 1. The first kappa shape index (κ1) is 17.5. The zero-order chi connectivity index (χ0) is 19.1. The van der Waals surface area contributed by atoms with Crippen molar-refractivity contribution in [1.29, 1.82) is 0 Å². The van der Waals surface area contributed by atoms with E-state index in [1.807, 2.05) is 30.3 Å². The molecule has 28 heavy (non-hydrogen) atoms. The van der Waals surface area contributed by atoms with E-state index < -0.39 is 0 Å². The maximum Gasteiger partial charge on any atom is 0.265 e. The van der Waals surface area contributed by atoms with Crippen LogP contribution in [0.3, 0.4) is 0 Å². The van der Waals surface area contributed by atoms with Crippen LogP contribution in [0, 0.1) is 0 Å². The molecule has 3 aromatic rings. The summed E-state index contributed by atoms with van der Waals surface area (Å²) in [5.74, 6) is 0.712. The molecule has 1 aliphatic heterocycles. The van der Waals surface area contributed by atoms with Crippen LogP contribution < -0.4 is 10.9 Å². The standard InChI is InChI=1S/C20H21N5O2S/c26-17(22-13-6-4-5-7-13)10-15-12-28-20-23-18-16(19(27)24(15)20)11-21-25(18)14-8-2-1-3-9-14/h1-3,8-9,11,13,15H,4-7,10,12H2,(H,22,26)/t15-/m1/s1. The van der Waals surface area contributed by atoms with Gasteiger partial charge >= 0.3 is 0 Å². The number of para-hydroxylation sites is 1. The molecule has 144 valence electrons. The molecule has 0 unspecified atom stereocenters. The van der Waals surface area contributed by atoms with Gasteiger partial charge in [-0.25, -0.2) is 9.67 Å². The highest BCUT2D eigenvalue weighted by Gasteiger charge is 2.30. The molecule has 1 N–H and O–H groups in total. The zero-order valence-electron chi connectivity index (χ0n) is 15.4. The molecule has 5 rings (SSSR count). The van der Waals surface area contributed by atoms with Gasteiger partial charge in [0.05, 0.1) is 17.9 Å². The molecule has 0 bridgehead atoms. The Morgan fingerprint density at radius 3 is 2.79 bits per heavy atom. The number of thioether (sulfide) groups is 1. The second kappa shape index (κ2) is 7.09. The van der Waals surface area contributed by atoms with Gasteiger partial charge in [-0.2, -0.15) is 5.10 Å². The van der Waals surface area contributed by atoms with Crippen LogP contribution in [0.2, 0.25) is 0 Å². The van der Waals surface area contributed by atoms with Gasteiger partial charge in [-0.3, -0.25) is 14.2 Å². The quantitative estimate of drug-likeness (QED) is 0.687. The number of hydrogen-bond donors (Lipinski definition) is 1. The lowest BCUT2D eigenvalue weighted by atomic mass is 10.2. The lowest BCUT2D eigenvalue weighted by Crippen LogP contribution is -2.35. The molecule has 1 aromatic carbocycles. The van der Waals surface area contributed by atoms with E-state index in [2.05, 4.69) is 10.4 Å². The Labute approximate surface area is 166 Å². The smallest absolute Gasteiger partial charge is 0.265 e. The number of carbonyl (C=O) groups excluding carboxylic acids is 1. The first-order valence-corrected chi connectivity index (χ1v) is 10.7. The summed E-state index contributed by atoms with van der Waals surface area (Å²) in [6.45, 7) is 0. The fourth-order valence-electron chi connectivity index (χ4n) is 4.11. The van der Waals surface area contributed by atoms with Crippen molar-refractivity contribution in [2.75, 3.05) is 5.75 Å². The van der Waals surface area contributed by atoms with Crippen LogP contribution >= 0.6 is 11.8 Å². The molecule has 1 atom stereocenters. The minimum absolute atomic E-state index is 0.0253. The highest BCUT2D eigenvalue weighted by atomic mass is 32.2. The van der Waals surface area contributed by atoms with Crippen LogP contribution in [-0.4, -0.2) is 37.0 Å². The van der Waals surface area contributed by atoms with E-state index >= 15 is 0 Å². The highest BCUT2D eigenvalue weighted by molar-refractivity contribution is 7.99. The Kier molecular flexibility index (Phi) is 4.43. The van der Waals surface area contributed by atoms with Gasteiger partial charge < -0.3 is 5.32 Å². The molecular weight excluding hydrogens is 374 g/mol. The molecule has 2 aromatic heterocycles. The first-order valence-electron chi connectivity index (χ1n) is 9.68. The summed E-state index contributed by atoms with van der Waals surface area (Å²) in [6, 6.07) is 9.79. The van der Waals surface area contributed by atoms with Gasteiger partial charge in [0.2, 0.25) is 5.91 Å². The fourth-order valence-corrected chi connectivity index (χ4v) is 5.24. The summed E-state index contributed by atoms with van der Waals surface area (Å²) in [6.07, 6.45) is 6.37. The van der Waals surface area contributed by atoms with E-state index in [-0.39, 0.29) is 17.5 Å². The normalized spacial score (nSPS) is 19.2. The number of nitrogens with zero attached hydrogens (tertiary/aromatic N) is 4. The number of benzene rings is 1. The molecule has 0 radical (unpaired) electrons. The molecular formula is C20H21N5O2S. The van der Waals surface area contributed by atoms with Crippen molar-refractivity contribution in [3.05, 3.63) is 46.9 Å². The molecule has 3 heterocycles. The second-order valence-corrected chi connectivity index (χ2v) is 8.40. The van der Waals surface area contributed by atoms with Crippen LogP contribution in [0.4, 0.5) is 0 Å². The van der Waals surface area contributed by atoms with Gasteiger partial charge in [-0.05, 0) is 25.0 Å². The summed E-state index contributed by atoms with van der Waals surface area (Å²) in [7, 11) is 0. The number of amides is 1. The third-order valence-electron chi connectivity index (χ3n) is 5.51. The number of hydrogen-bond acceptors (Lipinski definition) is 5. The Balaban J connectivity index is 1.45. The van der Waals surface area contributed by atoms with E-state index in [1.54, 1.807) is 15.4 Å². The predicted molar refractivity (Wildman–Crippen MR) is 108 cm³/mol. The Morgan fingerprint density at radius 2 is 2.00 bits per heavy atom. The van der Waals surface area contributed by atoms with Crippen molar-refractivity contribution in [3.63, 3.8) is 0 Å². The lowest BCUT2D eigenvalue weighted by Gasteiger charge is -2.16. The maximum absolute atomic E-state index is 13.1. The number of carbonyl (C=O) groups is 1. The third kappa shape index (κ3) is 3.01. The predicted octanol–water partition coefficient (Wildman–Crippen LogP) is 2.68. The Bertz CT molecular complexity index is 1090. The van der Waals surface area contributed by atoms with Crippen molar-refractivity contribution in [2.45, 2.75) is 49.3 Å². The van der Waals surface area contributed by atoms with Crippen LogP contribution in [0.15, 0.2) is 46.5 Å². The molecule has 0 spiro atoms. The van der Waals surface area contributed by atoms with Crippen molar-refractivity contribution >= 4 is 28.7 Å². The van der Waals surface area contributed by atoms with E-state index in [9.17, 15) is 9.59 Å². The molecule has 7 nitrogen and oxygen atoms in total. The molecule has 1 saturated carbocycles. The van der Waals surface area contributed by atoms with Crippen molar-refractivity contribution < 1.29 is 4.79 Å². The summed E-state index contributed by atoms with van der Waals surface area (Å²) in [5, 5.41) is 8.64. The monoisotopic (exact) mass is 395 g/mol.